The molecule has 0 aliphatic carbocycles. The lowest BCUT2D eigenvalue weighted by Gasteiger charge is -2.11. The largest absolute Gasteiger partial charge is 0.506 e. The molecule has 0 aliphatic heterocycles. The van der Waals surface area contributed by atoms with E-state index >= 15 is 0 Å². The number of anilines is 4. The molecule has 0 saturated carbocycles. The van der Waals surface area contributed by atoms with Crippen molar-refractivity contribution >= 4 is 23.3 Å². The van der Waals surface area contributed by atoms with Gasteiger partial charge in [0.25, 0.3) is 0 Å². The number of phenols is 1. The Morgan fingerprint density at radius 3 is 2.57 bits per heavy atom. The van der Waals surface area contributed by atoms with E-state index in [0.29, 0.717) is 12.2 Å². The average Bonchev–Trinajstić information content (AvgIpc) is 2.47. The van der Waals surface area contributed by atoms with Crippen molar-refractivity contribution in [3.63, 3.8) is 0 Å². The van der Waals surface area contributed by atoms with Gasteiger partial charge < -0.3 is 31.5 Å². The Balaban J connectivity index is 2.03. The van der Waals surface area contributed by atoms with Crippen molar-refractivity contribution in [1.82, 2.24) is 19.9 Å². The first-order chi connectivity index (χ1) is 10.9. The summed E-state index contributed by atoms with van der Waals surface area (Å²) in [6.07, 6.45) is 0.913. The zero-order valence-corrected chi connectivity index (χ0v) is 13.1. The zero-order valence-electron chi connectivity index (χ0n) is 13.1. The molecule has 23 heavy (non-hydrogen) atoms. The van der Waals surface area contributed by atoms with E-state index in [-0.39, 0.29) is 29.3 Å². The Labute approximate surface area is 134 Å². The van der Waals surface area contributed by atoms with Crippen LogP contribution in [0.3, 0.4) is 0 Å². The van der Waals surface area contributed by atoms with Crippen LogP contribution in [0.25, 0.3) is 0 Å². The molecule has 0 bridgehead atoms. The van der Waals surface area contributed by atoms with E-state index in [1.165, 1.54) is 6.07 Å². The molecular weight excluding hydrogens is 298 g/mol. The number of aromatic hydroxyl groups is 2. The molecule has 0 amide bonds. The van der Waals surface area contributed by atoms with Crippen LogP contribution < -0.4 is 16.4 Å². The fraction of sp³-hybridized carbons (Fsp3) is 0.357. The molecule has 2 aromatic rings. The molecular formula is C14H21N7O2. The Morgan fingerprint density at radius 2 is 1.87 bits per heavy atom. The maximum absolute atomic E-state index is 9.60. The van der Waals surface area contributed by atoms with Crippen molar-refractivity contribution < 1.29 is 10.2 Å². The zero-order chi connectivity index (χ0) is 16.8. The second-order valence-corrected chi connectivity index (χ2v) is 5.26. The predicted molar refractivity (Wildman–Crippen MR) is 89.0 cm³/mol. The van der Waals surface area contributed by atoms with Crippen LogP contribution in [0.2, 0.25) is 0 Å². The van der Waals surface area contributed by atoms with Gasteiger partial charge in [-0.15, -0.1) is 0 Å². The lowest BCUT2D eigenvalue weighted by molar-refractivity contribution is 0.404. The molecule has 0 radical (unpaired) electrons. The van der Waals surface area contributed by atoms with Crippen LogP contribution in [0.5, 0.6) is 11.8 Å². The molecule has 0 unspecified atom stereocenters. The van der Waals surface area contributed by atoms with Crippen molar-refractivity contribution in [1.29, 1.82) is 0 Å². The van der Waals surface area contributed by atoms with Crippen LogP contribution in [0.15, 0.2) is 18.2 Å². The first-order valence-electron chi connectivity index (χ1n) is 7.13. The number of hydrogen-bond donors (Lipinski definition) is 5. The summed E-state index contributed by atoms with van der Waals surface area (Å²) in [6.45, 7) is 1.61. The van der Waals surface area contributed by atoms with Crippen molar-refractivity contribution in [2.24, 2.45) is 0 Å². The van der Waals surface area contributed by atoms with Crippen molar-refractivity contribution in [3.8, 4) is 11.8 Å². The Morgan fingerprint density at radius 1 is 1.13 bits per heavy atom. The molecule has 9 nitrogen and oxygen atoms in total. The number of rotatable bonds is 7. The lowest BCUT2D eigenvalue weighted by Crippen LogP contribution is -2.17. The molecule has 1 aromatic carbocycles. The maximum Gasteiger partial charge on any atom is 0.320 e. The first-order valence-corrected chi connectivity index (χ1v) is 7.13. The molecule has 0 atom stereocenters. The highest BCUT2D eigenvalue weighted by Gasteiger charge is 2.07. The number of nitrogens with zero attached hydrogens (tertiary/aromatic N) is 4. The average molecular weight is 319 g/mol. The quantitative estimate of drug-likeness (QED) is 0.219. The summed E-state index contributed by atoms with van der Waals surface area (Å²) >= 11 is 0. The van der Waals surface area contributed by atoms with Gasteiger partial charge in [-0.3, -0.25) is 0 Å². The molecule has 2 rings (SSSR count). The summed E-state index contributed by atoms with van der Waals surface area (Å²) < 4.78 is 0. The number of nitrogens with two attached hydrogens (primary N) is 1. The number of nitrogen functional groups attached to an aromatic ring is 1. The van der Waals surface area contributed by atoms with Gasteiger partial charge >= 0.3 is 6.01 Å². The van der Waals surface area contributed by atoms with Gasteiger partial charge in [0.1, 0.15) is 5.75 Å². The van der Waals surface area contributed by atoms with Gasteiger partial charge in [0, 0.05) is 12.2 Å². The highest BCUT2D eigenvalue weighted by Crippen LogP contribution is 2.25. The van der Waals surface area contributed by atoms with E-state index in [0.717, 1.165) is 13.0 Å². The van der Waals surface area contributed by atoms with Gasteiger partial charge in [-0.2, -0.15) is 15.0 Å². The van der Waals surface area contributed by atoms with E-state index < -0.39 is 0 Å². The molecule has 0 fully saturated rings. The van der Waals surface area contributed by atoms with E-state index in [1.54, 1.807) is 12.1 Å². The summed E-state index contributed by atoms with van der Waals surface area (Å²) in [5, 5.41) is 24.9. The molecule has 0 spiro atoms. The molecule has 1 aromatic heterocycles. The van der Waals surface area contributed by atoms with Crippen LogP contribution in [0.4, 0.5) is 23.3 Å². The SMILES string of the molecule is CN(C)CCCNc1nc(O)nc(Nc2ccc(O)c(N)c2)n1. The molecule has 6 N–H and O–H groups in total. The summed E-state index contributed by atoms with van der Waals surface area (Å²) in [5.41, 5.74) is 6.45. The van der Waals surface area contributed by atoms with Gasteiger partial charge in [0.15, 0.2) is 0 Å². The normalized spacial score (nSPS) is 10.7. The van der Waals surface area contributed by atoms with Crippen LogP contribution >= 0.6 is 0 Å². The fourth-order valence-corrected chi connectivity index (χ4v) is 1.86. The number of phenolic OH excluding ortho intramolecular Hbond substituents is 1. The van der Waals surface area contributed by atoms with Gasteiger partial charge in [-0.25, -0.2) is 0 Å². The van der Waals surface area contributed by atoms with Gasteiger partial charge in [-0.05, 0) is 45.3 Å². The fourth-order valence-electron chi connectivity index (χ4n) is 1.86. The molecule has 124 valence electrons. The Hall–Kier alpha value is -2.81. The summed E-state index contributed by atoms with van der Waals surface area (Å²) in [4.78, 5) is 13.9. The minimum absolute atomic E-state index is 0.00251. The molecule has 0 aliphatic rings. The monoisotopic (exact) mass is 319 g/mol. The third-order valence-electron chi connectivity index (χ3n) is 2.97. The number of hydrogen-bond acceptors (Lipinski definition) is 9. The minimum Gasteiger partial charge on any atom is -0.506 e. The smallest absolute Gasteiger partial charge is 0.320 e. The Kier molecular flexibility index (Phi) is 5.36. The second kappa shape index (κ2) is 7.45. The number of nitrogens with one attached hydrogen (secondary N) is 2. The van der Waals surface area contributed by atoms with Gasteiger partial charge in [0.2, 0.25) is 11.9 Å². The Bertz CT molecular complexity index is 664. The van der Waals surface area contributed by atoms with E-state index in [4.69, 9.17) is 5.73 Å². The van der Waals surface area contributed by atoms with Gasteiger partial charge in [-0.1, -0.05) is 0 Å². The summed E-state index contributed by atoms with van der Waals surface area (Å²) in [6, 6.07) is 4.24. The minimum atomic E-state index is -0.385. The summed E-state index contributed by atoms with van der Waals surface area (Å²) in [7, 11) is 4.00. The first kappa shape index (κ1) is 16.6. The van der Waals surface area contributed by atoms with Crippen LogP contribution in [0, 0.1) is 0 Å². The number of benzene rings is 1. The van der Waals surface area contributed by atoms with E-state index in [1.807, 2.05) is 14.1 Å². The van der Waals surface area contributed by atoms with Crippen LogP contribution in [-0.2, 0) is 0 Å². The highest BCUT2D eigenvalue weighted by molar-refractivity contribution is 5.65. The predicted octanol–water partition coefficient (Wildman–Crippen LogP) is 0.972. The van der Waals surface area contributed by atoms with Crippen LogP contribution in [0.1, 0.15) is 6.42 Å². The van der Waals surface area contributed by atoms with E-state index in [2.05, 4.69) is 30.5 Å². The third kappa shape index (κ3) is 5.15. The van der Waals surface area contributed by atoms with E-state index in [9.17, 15) is 10.2 Å². The topological polar surface area (TPSA) is 132 Å². The van der Waals surface area contributed by atoms with Crippen LogP contribution in [-0.4, -0.2) is 57.2 Å². The van der Waals surface area contributed by atoms with Crippen molar-refractivity contribution in [2.75, 3.05) is 43.6 Å². The van der Waals surface area contributed by atoms with Crippen molar-refractivity contribution in [3.05, 3.63) is 18.2 Å². The maximum atomic E-state index is 9.60. The standard InChI is InChI=1S/C14H21N7O2/c1-21(2)7-3-6-16-12-18-13(20-14(23)19-12)17-9-4-5-11(22)10(15)8-9/h4-5,8,22H,3,6-7,15H2,1-2H3,(H3,16,17,18,19,20,23). The van der Waals surface area contributed by atoms with Crippen molar-refractivity contribution in [2.45, 2.75) is 6.42 Å². The number of aromatic nitrogens is 3. The summed E-state index contributed by atoms with van der Waals surface area (Å²) in [5.74, 6) is 0.459. The molecule has 9 heteroatoms. The molecule has 0 saturated heterocycles. The van der Waals surface area contributed by atoms with Gasteiger partial charge in [0.05, 0.1) is 5.69 Å². The second-order valence-electron chi connectivity index (χ2n) is 5.26. The highest BCUT2D eigenvalue weighted by atomic mass is 16.3. The lowest BCUT2D eigenvalue weighted by atomic mass is 10.2. The third-order valence-corrected chi connectivity index (χ3v) is 2.97. The molecule has 1 heterocycles.